The van der Waals surface area contributed by atoms with E-state index in [0.29, 0.717) is 11.2 Å². The molecule has 0 aliphatic carbocycles. The van der Waals surface area contributed by atoms with Crippen molar-refractivity contribution >= 4 is 10.9 Å². The number of nitrogens with zero attached hydrogens (tertiary/aromatic N) is 2. The normalized spacial score (nSPS) is 16.6. The third kappa shape index (κ3) is 2.60. The Hall–Kier alpha value is -1.69. The van der Waals surface area contributed by atoms with E-state index >= 15 is 0 Å². The van der Waals surface area contributed by atoms with E-state index in [1.807, 2.05) is 12.1 Å². The quantitative estimate of drug-likeness (QED) is 0.882. The third-order valence-corrected chi connectivity index (χ3v) is 3.64. The van der Waals surface area contributed by atoms with E-state index in [1.165, 1.54) is 0 Å². The van der Waals surface area contributed by atoms with Crippen LogP contribution < -0.4 is 0 Å². The summed E-state index contributed by atoms with van der Waals surface area (Å²) in [5.41, 5.74) is 2.26. The van der Waals surface area contributed by atoms with Crippen molar-refractivity contribution in [2.75, 3.05) is 26.3 Å². The molecule has 0 bridgehead atoms. The van der Waals surface area contributed by atoms with Crippen LogP contribution in [0.5, 0.6) is 5.75 Å². The number of pyridine rings is 1. The number of rotatable bonds is 3. The summed E-state index contributed by atoms with van der Waals surface area (Å²) < 4.78 is 5.35. The summed E-state index contributed by atoms with van der Waals surface area (Å²) in [6.07, 6.45) is 0. The number of ether oxygens (including phenoxy) is 1. The Morgan fingerprint density at radius 2 is 1.95 bits per heavy atom. The number of phenolic OH excluding ortho intramolecular Hbond substituents is 1. The Labute approximate surface area is 117 Å². The number of phenols is 1. The molecular weight excluding hydrogens is 256 g/mol. The minimum atomic E-state index is -0.122. The molecule has 5 nitrogen and oxygen atoms in total. The number of hydrogen-bond donors (Lipinski definition) is 2. The molecule has 1 aliphatic heterocycles. The zero-order chi connectivity index (χ0) is 13.9. The summed E-state index contributed by atoms with van der Waals surface area (Å²) >= 11 is 0. The van der Waals surface area contributed by atoms with Crippen LogP contribution in [0.4, 0.5) is 0 Å². The van der Waals surface area contributed by atoms with Crippen LogP contribution in [-0.4, -0.2) is 46.4 Å². The largest absolute Gasteiger partial charge is 0.506 e. The fourth-order valence-corrected chi connectivity index (χ4v) is 2.53. The van der Waals surface area contributed by atoms with Crippen LogP contribution in [-0.2, 0) is 17.9 Å². The molecule has 1 aliphatic rings. The lowest BCUT2D eigenvalue weighted by atomic mass is 10.1. The van der Waals surface area contributed by atoms with E-state index in [2.05, 4.69) is 9.88 Å². The van der Waals surface area contributed by atoms with Gasteiger partial charge in [-0.3, -0.25) is 4.90 Å². The van der Waals surface area contributed by atoms with Gasteiger partial charge in [-0.25, -0.2) is 4.98 Å². The Bertz CT molecular complexity index is 609. The minimum absolute atomic E-state index is 0.122. The molecule has 2 N–H and O–H groups in total. The van der Waals surface area contributed by atoms with Crippen molar-refractivity contribution in [3.05, 3.63) is 35.5 Å². The van der Waals surface area contributed by atoms with Crippen LogP contribution in [0.2, 0.25) is 0 Å². The molecule has 1 fully saturated rings. The number of benzene rings is 1. The van der Waals surface area contributed by atoms with Gasteiger partial charge in [-0.1, -0.05) is 12.1 Å². The van der Waals surface area contributed by atoms with E-state index in [4.69, 9.17) is 9.84 Å². The van der Waals surface area contributed by atoms with Gasteiger partial charge in [0.05, 0.1) is 25.5 Å². The highest BCUT2D eigenvalue weighted by molar-refractivity contribution is 5.87. The molecule has 5 heteroatoms. The lowest BCUT2D eigenvalue weighted by Crippen LogP contribution is -2.35. The smallest absolute Gasteiger partial charge is 0.141 e. The van der Waals surface area contributed by atoms with Crippen molar-refractivity contribution in [2.45, 2.75) is 13.2 Å². The Kier molecular flexibility index (Phi) is 3.82. The molecule has 0 saturated carbocycles. The summed E-state index contributed by atoms with van der Waals surface area (Å²) in [6.45, 7) is 4.07. The molecule has 1 saturated heterocycles. The molecule has 2 heterocycles. The fraction of sp³-hybridized carbons (Fsp3) is 0.400. The summed E-state index contributed by atoms with van der Waals surface area (Å²) in [7, 11) is 0. The van der Waals surface area contributed by atoms with Gasteiger partial charge in [-0.2, -0.15) is 0 Å². The van der Waals surface area contributed by atoms with Crippen molar-refractivity contribution in [1.29, 1.82) is 0 Å². The van der Waals surface area contributed by atoms with E-state index in [-0.39, 0.29) is 12.4 Å². The molecule has 0 spiro atoms. The molecule has 106 valence electrons. The molecule has 1 aromatic heterocycles. The first-order chi connectivity index (χ1) is 9.78. The van der Waals surface area contributed by atoms with Crippen LogP contribution in [0.1, 0.15) is 11.3 Å². The van der Waals surface area contributed by atoms with Gasteiger partial charge < -0.3 is 14.9 Å². The molecule has 0 unspecified atom stereocenters. The second kappa shape index (κ2) is 5.75. The standard InChI is InChI=1S/C15H18N2O3/c18-10-12-2-3-13-11(1-4-14(19)15(13)16-12)9-17-5-7-20-8-6-17/h1-4,18-19H,5-10H2. The summed E-state index contributed by atoms with van der Waals surface area (Å²) in [5, 5.41) is 20.0. The first-order valence-electron chi connectivity index (χ1n) is 6.79. The molecule has 20 heavy (non-hydrogen) atoms. The lowest BCUT2D eigenvalue weighted by molar-refractivity contribution is 0.0343. The number of hydrogen-bond acceptors (Lipinski definition) is 5. The van der Waals surface area contributed by atoms with Gasteiger partial charge in [0.2, 0.25) is 0 Å². The first-order valence-corrected chi connectivity index (χ1v) is 6.79. The van der Waals surface area contributed by atoms with Crippen LogP contribution >= 0.6 is 0 Å². The molecule has 2 aromatic rings. The maximum Gasteiger partial charge on any atom is 0.141 e. The molecular formula is C15H18N2O3. The second-order valence-electron chi connectivity index (χ2n) is 4.99. The second-order valence-corrected chi connectivity index (χ2v) is 4.99. The average Bonchev–Trinajstić information content (AvgIpc) is 2.51. The Morgan fingerprint density at radius 1 is 1.15 bits per heavy atom. The summed E-state index contributed by atoms with van der Waals surface area (Å²) in [4.78, 5) is 6.63. The zero-order valence-electron chi connectivity index (χ0n) is 11.2. The SMILES string of the molecule is OCc1ccc2c(CN3CCOCC3)ccc(O)c2n1. The van der Waals surface area contributed by atoms with Crippen molar-refractivity contribution in [2.24, 2.45) is 0 Å². The monoisotopic (exact) mass is 274 g/mol. The van der Waals surface area contributed by atoms with E-state index in [0.717, 1.165) is 43.8 Å². The predicted molar refractivity (Wildman–Crippen MR) is 75.4 cm³/mol. The highest BCUT2D eigenvalue weighted by atomic mass is 16.5. The average molecular weight is 274 g/mol. The van der Waals surface area contributed by atoms with Gasteiger partial charge >= 0.3 is 0 Å². The highest BCUT2D eigenvalue weighted by Gasteiger charge is 2.14. The van der Waals surface area contributed by atoms with Crippen LogP contribution in [0, 0.1) is 0 Å². The number of aromatic hydroxyl groups is 1. The van der Waals surface area contributed by atoms with Crippen LogP contribution in [0.3, 0.4) is 0 Å². The van der Waals surface area contributed by atoms with E-state index in [1.54, 1.807) is 12.1 Å². The van der Waals surface area contributed by atoms with Gasteiger partial charge in [0, 0.05) is 25.0 Å². The van der Waals surface area contributed by atoms with Gasteiger partial charge in [0.25, 0.3) is 0 Å². The Balaban J connectivity index is 1.96. The number of aromatic nitrogens is 1. The number of aliphatic hydroxyl groups is 1. The molecule has 3 rings (SSSR count). The minimum Gasteiger partial charge on any atom is -0.506 e. The van der Waals surface area contributed by atoms with Crippen molar-refractivity contribution < 1.29 is 14.9 Å². The molecule has 0 radical (unpaired) electrons. The topological polar surface area (TPSA) is 65.8 Å². The van der Waals surface area contributed by atoms with E-state index in [9.17, 15) is 5.11 Å². The van der Waals surface area contributed by atoms with Gasteiger partial charge in [-0.15, -0.1) is 0 Å². The number of fused-ring (bicyclic) bond motifs is 1. The zero-order valence-corrected chi connectivity index (χ0v) is 11.2. The van der Waals surface area contributed by atoms with E-state index < -0.39 is 0 Å². The predicted octanol–water partition coefficient (Wildman–Crippen LogP) is 1.26. The van der Waals surface area contributed by atoms with Crippen molar-refractivity contribution in [3.8, 4) is 5.75 Å². The van der Waals surface area contributed by atoms with Crippen LogP contribution in [0.15, 0.2) is 24.3 Å². The summed E-state index contributed by atoms with van der Waals surface area (Å²) in [6, 6.07) is 7.33. The molecule has 0 atom stereocenters. The number of aliphatic hydroxyl groups excluding tert-OH is 1. The molecule has 0 amide bonds. The third-order valence-electron chi connectivity index (χ3n) is 3.64. The molecule has 1 aromatic carbocycles. The van der Waals surface area contributed by atoms with Crippen molar-refractivity contribution in [1.82, 2.24) is 9.88 Å². The maximum atomic E-state index is 9.94. The lowest BCUT2D eigenvalue weighted by Gasteiger charge is -2.27. The first kappa shape index (κ1) is 13.3. The van der Waals surface area contributed by atoms with Gasteiger partial charge in [0.1, 0.15) is 11.3 Å². The van der Waals surface area contributed by atoms with Crippen LogP contribution in [0.25, 0.3) is 10.9 Å². The van der Waals surface area contributed by atoms with Gasteiger partial charge in [-0.05, 0) is 17.7 Å². The van der Waals surface area contributed by atoms with Gasteiger partial charge in [0.15, 0.2) is 0 Å². The highest BCUT2D eigenvalue weighted by Crippen LogP contribution is 2.27. The number of morpholine rings is 1. The fourth-order valence-electron chi connectivity index (χ4n) is 2.53. The maximum absolute atomic E-state index is 9.94. The Morgan fingerprint density at radius 3 is 2.70 bits per heavy atom. The summed E-state index contributed by atoms with van der Waals surface area (Å²) in [5.74, 6) is 0.154. The van der Waals surface area contributed by atoms with Crippen molar-refractivity contribution in [3.63, 3.8) is 0 Å².